The molecule has 0 spiro atoms. The number of amides is 1. The Morgan fingerprint density at radius 2 is 1.89 bits per heavy atom. The summed E-state index contributed by atoms with van der Waals surface area (Å²) in [6.07, 6.45) is 2.37. The quantitative estimate of drug-likeness (QED) is 0.709. The predicted molar refractivity (Wildman–Crippen MR) is 117 cm³/mol. The Morgan fingerprint density at radius 1 is 1.19 bits per heavy atom. The van der Waals surface area contributed by atoms with Crippen LogP contribution in [0.25, 0.3) is 0 Å². The van der Waals surface area contributed by atoms with Gasteiger partial charge in [-0.1, -0.05) is 36.7 Å². The molecule has 2 aromatic rings. The largest absolute Gasteiger partial charge is 0.370 e. The molecule has 1 fully saturated rings. The Bertz CT molecular complexity index is 847. The summed E-state index contributed by atoms with van der Waals surface area (Å²) >= 11 is 11.8. The first-order valence-corrected chi connectivity index (χ1v) is 9.95. The lowest BCUT2D eigenvalue weighted by Crippen LogP contribution is -2.34. The third kappa shape index (κ3) is 4.99. The standard InChI is InChI=1S/C21H24ClN3OS/c1-14-9-11-25(12-10-14)19-8-7-16(13-18(19)22)23-21(27)24-20(26)17-6-4-3-5-15(17)2/h3-8,13-14H,9-12H2,1-2H3,(H2,23,24,26,27). The van der Waals surface area contributed by atoms with E-state index in [0.29, 0.717) is 10.6 Å². The van der Waals surface area contributed by atoms with Crippen LogP contribution in [0.1, 0.15) is 35.7 Å². The Hall–Kier alpha value is -2.11. The third-order valence-electron chi connectivity index (χ3n) is 4.95. The Kier molecular flexibility index (Phi) is 6.34. The van der Waals surface area contributed by atoms with Gasteiger partial charge in [-0.3, -0.25) is 10.1 Å². The number of rotatable bonds is 3. The first kappa shape index (κ1) is 19.6. The van der Waals surface area contributed by atoms with Gasteiger partial charge in [-0.05, 0) is 67.7 Å². The first-order chi connectivity index (χ1) is 12.9. The Labute approximate surface area is 170 Å². The van der Waals surface area contributed by atoms with Crippen LogP contribution in [0.5, 0.6) is 0 Å². The highest BCUT2D eigenvalue weighted by Gasteiger charge is 2.18. The van der Waals surface area contributed by atoms with Crippen molar-refractivity contribution in [2.45, 2.75) is 26.7 Å². The lowest BCUT2D eigenvalue weighted by Gasteiger charge is -2.32. The van der Waals surface area contributed by atoms with E-state index in [1.54, 1.807) is 6.07 Å². The molecule has 0 atom stereocenters. The zero-order valence-electron chi connectivity index (χ0n) is 15.6. The van der Waals surface area contributed by atoms with Gasteiger partial charge in [0, 0.05) is 24.3 Å². The molecule has 1 amide bonds. The van der Waals surface area contributed by atoms with Crippen LogP contribution < -0.4 is 15.5 Å². The van der Waals surface area contributed by atoms with Crippen molar-refractivity contribution in [1.82, 2.24) is 5.32 Å². The molecule has 0 unspecified atom stereocenters. The minimum atomic E-state index is -0.226. The molecule has 6 heteroatoms. The molecule has 0 saturated carbocycles. The van der Waals surface area contributed by atoms with E-state index in [-0.39, 0.29) is 11.0 Å². The minimum absolute atomic E-state index is 0.226. The molecule has 2 aromatic carbocycles. The molecular formula is C21H24ClN3OS. The second-order valence-corrected chi connectivity index (χ2v) is 7.87. The highest BCUT2D eigenvalue weighted by atomic mass is 35.5. The fourth-order valence-corrected chi connectivity index (χ4v) is 3.76. The number of piperidine rings is 1. The molecule has 1 aliphatic heterocycles. The normalized spacial score (nSPS) is 14.7. The average molecular weight is 402 g/mol. The molecule has 1 aliphatic rings. The minimum Gasteiger partial charge on any atom is -0.370 e. The van der Waals surface area contributed by atoms with Crippen LogP contribution in [-0.4, -0.2) is 24.1 Å². The maximum Gasteiger partial charge on any atom is 0.257 e. The van der Waals surface area contributed by atoms with Crippen LogP contribution in [0.4, 0.5) is 11.4 Å². The molecule has 1 saturated heterocycles. The summed E-state index contributed by atoms with van der Waals surface area (Å²) in [5.74, 6) is 0.547. The topological polar surface area (TPSA) is 44.4 Å². The molecule has 142 valence electrons. The number of benzene rings is 2. The number of hydrogen-bond acceptors (Lipinski definition) is 3. The lowest BCUT2D eigenvalue weighted by atomic mass is 9.99. The van der Waals surface area contributed by atoms with E-state index in [1.807, 2.05) is 43.3 Å². The van der Waals surface area contributed by atoms with E-state index < -0.39 is 0 Å². The Balaban J connectivity index is 1.62. The fourth-order valence-electron chi connectivity index (χ4n) is 3.25. The van der Waals surface area contributed by atoms with Gasteiger partial charge in [0.2, 0.25) is 0 Å². The maximum absolute atomic E-state index is 12.3. The second-order valence-electron chi connectivity index (χ2n) is 7.06. The SMILES string of the molecule is Cc1ccccc1C(=O)NC(=S)Nc1ccc(N2CCC(C)CC2)c(Cl)c1. The number of carbonyl (C=O) groups excluding carboxylic acids is 1. The van der Waals surface area contributed by atoms with Crippen LogP contribution in [-0.2, 0) is 0 Å². The molecule has 0 bridgehead atoms. The van der Waals surface area contributed by atoms with Crippen molar-refractivity contribution < 1.29 is 4.79 Å². The number of hydrogen-bond donors (Lipinski definition) is 2. The van der Waals surface area contributed by atoms with E-state index in [1.165, 1.54) is 12.8 Å². The van der Waals surface area contributed by atoms with E-state index >= 15 is 0 Å². The van der Waals surface area contributed by atoms with Crippen LogP contribution in [0.3, 0.4) is 0 Å². The molecule has 0 aromatic heterocycles. The van der Waals surface area contributed by atoms with Gasteiger partial charge in [-0.2, -0.15) is 0 Å². The number of nitrogens with one attached hydrogen (secondary N) is 2. The van der Waals surface area contributed by atoms with Crippen molar-refractivity contribution in [1.29, 1.82) is 0 Å². The molecule has 27 heavy (non-hydrogen) atoms. The molecular weight excluding hydrogens is 378 g/mol. The summed E-state index contributed by atoms with van der Waals surface area (Å²) in [5, 5.41) is 6.68. The van der Waals surface area contributed by atoms with Crippen molar-refractivity contribution in [2.75, 3.05) is 23.3 Å². The molecule has 1 heterocycles. The highest BCUT2D eigenvalue weighted by Crippen LogP contribution is 2.31. The second kappa shape index (κ2) is 8.72. The third-order valence-corrected chi connectivity index (χ3v) is 5.45. The van der Waals surface area contributed by atoms with Crippen molar-refractivity contribution in [3.05, 3.63) is 58.6 Å². The van der Waals surface area contributed by atoms with E-state index in [2.05, 4.69) is 22.5 Å². The number of carbonyl (C=O) groups is 1. The summed E-state index contributed by atoms with van der Waals surface area (Å²) in [6, 6.07) is 13.2. The van der Waals surface area contributed by atoms with Gasteiger partial charge in [0.1, 0.15) is 0 Å². The zero-order chi connectivity index (χ0) is 19.4. The van der Waals surface area contributed by atoms with Crippen LogP contribution in [0.2, 0.25) is 5.02 Å². The monoisotopic (exact) mass is 401 g/mol. The van der Waals surface area contributed by atoms with Gasteiger partial charge in [0.25, 0.3) is 5.91 Å². The predicted octanol–water partition coefficient (Wildman–Crippen LogP) is 5.01. The van der Waals surface area contributed by atoms with Crippen LogP contribution in [0.15, 0.2) is 42.5 Å². The van der Waals surface area contributed by atoms with Gasteiger partial charge in [-0.15, -0.1) is 0 Å². The van der Waals surface area contributed by atoms with Crippen molar-refractivity contribution in [3.63, 3.8) is 0 Å². The zero-order valence-corrected chi connectivity index (χ0v) is 17.2. The maximum atomic E-state index is 12.3. The van der Waals surface area contributed by atoms with Gasteiger partial charge in [0.15, 0.2) is 5.11 Å². The molecule has 4 nitrogen and oxygen atoms in total. The van der Waals surface area contributed by atoms with E-state index in [9.17, 15) is 4.79 Å². The Morgan fingerprint density at radius 3 is 2.56 bits per heavy atom. The summed E-state index contributed by atoms with van der Waals surface area (Å²) in [4.78, 5) is 14.7. The van der Waals surface area contributed by atoms with Gasteiger partial charge in [-0.25, -0.2) is 0 Å². The van der Waals surface area contributed by atoms with E-state index in [4.69, 9.17) is 23.8 Å². The summed E-state index contributed by atoms with van der Waals surface area (Å²) in [7, 11) is 0. The molecule has 2 N–H and O–H groups in total. The van der Waals surface area contributed by atoms with Crippen molar-refractivity contribution >= 4 is 46.2 Å². The average Bonchev–Trinajstić information content (AvgIpc) is 2.63. The van der Waals surface area contributed by atoms with E-state index in [0.717, 1.165) is 35.9 Å². The van der Waals surface area contributed by atoms with Gasteiger partial charge in [0.05, 0.1) is 10.7 Å². The molecule has 3 rings (SSSR count). The van der Waals surface area contributed by atoms with Crippen LogP contribution in [0, 0.1) is 12.8 Å². The summed E-state index contributed by atoms with van der Waals surface area (Å²) < 4.78 is 0. The number of thiocarbonyl (C=S) groups is 1. The fraction of sp³-hybridized carbons (Fsp3) is 0.333. The number of anilines is 2. The number of halogens is 1. The molecule has 0 aliphatic carbocycles. The summed E-state index contributed by atoms with van der Waals surface area (Å²) in [5.41, 5.74) is 3.31. The van der Waals surface area contributed by atoms with Gasteiger partial charge < -0.3 is 10.2 Å². The number of aryl methyl sites for hydroxylation is 1. The summed E-state index contributed by atoms with van der Waals surface area (Å²) in [6.45, 7) is 6.24. The smallest absolute Gasteiger partial charge is 0.257 e. The molecule has 0 radical (unpaired) electrons. The first-order valence-electron chi connectivity index (χ1n) is 9.16. The van der Waals surface area contributed by atoms with Gasteiger partial charge >= 0.3 is 0 Å². The van der Waals surface area contributed by atoms with Crippen molar-refractivity contribution in [3.8, 4) is 0 Å². The van der Waals surface area contributed by atoms with Crippen molar-refractivity contribution in [2.24, 2.45) is 5.92 Å². The highest BCUT2D eigenvalue weighted by molar-refractivity contribution is 7.80. The number of nitrogens with zero attached hydrogens (tertiary/aromatic N) is 1. The lowest BCUT2D eigenvalue weighted by molar-refractivity contribution is 0.0977. The van der Waals surface area contributed by atoms with Crippen LogP contribution >= 0.6 is 23.8 Å².